The molecule has 0 heterocycles. The van der Waals surface area contributed by atoms with Crippen molar-refractivity contribution in [1.29, 1.82) is 0 Å². The summed E-state index contributed by atoms with van der Waals surface area (Å²) in [6, 6.07) is -0.945. The molecule has 0 unspecified atom stereocenters. The van der Waals surface area contributed by atoms with Crippen molar-refractivity contribution in [3.63, 3.8) is 0 Å². The molecule has 0 saturated heterocycles. The highest BCUT2D eigenvalue weighted by molar-refractivity contribution is 5.81. The van der Waals surface area contributed by atoms with E-state index < -0.39 is 31.3 Å². The number of carbonyl (C=O) groups excluding carboxylic acids is 1. The highest BCUT2D eigenvalue weighted by Gasteiger charge is 2.33. The highest BCUT2D eigenvalue weighted by Crippen LogP contribution is 2.16. The van der Waals surface area contributed by atoms with E-state index in [-0.39, 0.29) is 13.0 Å². The summed E-state index contributed by atoms with van der Waals surface area (Å²) < 4.78 is 36.1. The predicted octanol–water partition coefficient (Wildman–Crippen LogP) is 0.107. The van der Waals surface area contributed by atoms with E-state index in [2.05, 4.69) is 0 Å². The minimum atomic E-state index is -4.47. The third kappa shape index (κ3) is 5.58. The third-order valence-corrected chi connectivity index (χ3v) is 1.81. The molecule has 4 nitrogen and oxygen atoms in total. The van der Waals surface area contributed by atoms with Crippen LogP contribution in [0, 0.1) is 0 Å². The maximum Gasteiger partial charge on any atom is 0.406 e. The molecule has 0 radical (unpaired) electrons. The van der Waals surface area contributed by atoms with E-state index in [9.17, 15) is 18.0 Å². The summed E-state index contributed by atoms with van der Waals surface area (Å²) in [4.78, 5) is 11.9. The number of rotatable bonds is 5. The Morgan fingerprint density at radius 1 is 1.53 bits per heavy atom. The fraction of sp³-hybridized carbons (Fsp3) is 0.875. The Bertz CT molecular complexity index is 209. The van der Waals surface area contributed by atoms with Crippen LogP contribution in [0.4, 0.5) is 13.2 Å². The molecule has 0 bridgehead atoms. The fourth-order valence-electron chi connectivity index (χ4n) is 1.01. The number of carbonyl (C=O) groups is 1. The Balaban J connectivity index is 4.45. The quantitative estimate of drug-likeness (QED) is 0.701. The number of hydrogen-bond donors (Lipinski definition) is 2. The van der Waals surface area contributed by atoms with Gasteiger partial charge < -0.3 is 15.7 Å². The van der Waals surface area contributed by atoms with E-state index in [1.807, 2.05) is 0 Å². The van der Waals surface area contributed by atoms with Gasteiger partial charge in [-0.2, -0.15) is 13.2 Å². The van der Waals surface area contributed by atoms with Gasteiger partial charge in [0.05, 0.1) is 12.6 Å². The first-order chi connectivity index (χ1) is 6.81. The Morgan fingerprint density at radius 3 is 2.40 bits per heavy atom. The lowest BCUT2D eigenvalue weighted by atomic mass is 10.2. The number of halogens is 3. The van der Waals surface area contributed by atoms with Gasteiger partial charge in [-0.05, 0) is 6.42 Å². The zero-order valence-corrected chi connectivity index (χ0v) is 8.42. The summed E-state index contributed by atoms with van der Waals surface area (Å²) in [6.07, 6.45) is -4.21. The van der Waals surface area contributed by atoms with E-state index in [4.69, 9.17) is 10.8 Å². The van der Waals surface area contributed by atoms with Gasteiger partial charge in [0.1, 0.15) is 6.54 Å². The first-order valence-electron chi connectivity index (χ1n) is 4.53. The van der Waals surface area contributed by atoms with Crippen LogP contribution >= 0.6 is 0 Å². The standard InChI is InChI=1S/C8H15F3N2O2/c1-2-6(12)7(15)13(3-4-14)5-8(9,10)11/h6,14H,2-5,12H2,1H3/t6-/m0/s1. The van der Waals surface area contributed by atoms with Gasteiger partial charge in [0.15, 0.2) is 0 Å². The summed E-state index contributed by atoms with van der Waals surface area (Å²) >= 11 is 0. The lowest BCUT2D eigenvalue weighted by molar-refractivity contribution is -0.162. The number of amides is 1. The molecule has 0 aliphatic heterocycles. The molecule has 0 saturated carbocycles. The first-order valence-corrected chi connectivity index (χ1v) is 4.53. The zero-order valence-electron chi connectivity index (χ0n) is 8.42. The van der Waals surface area contributed by atoms with Crippen molar-refractivity contribution >= 4 is 5.91 Å². The molecule has 0 aromatic carbocycles. The van der Waals surface area contributed by atoms with Gasteiger partial charge in [-0.25, -0.2) is 0 Å². The summed E-state index contributed by atoms with van der Waals surface area (Å²) in [5.74, 6) is -0.788. The second-order valence-corrected chi connectivity index (χ2v) is 3.11. The second-order valence-electron chi connectivity index (χ2n) is 3.11. The zero-order chi connectivity index (χ0) is 12.1. The molecule has 0 spiro atoms. The van der Waals surface area contributed by atoms with E-state index in [0.717, 1.165) is 0 Å². The Hall–Kier alpha value is -0.820. The fourth-order valence-corrected chi connectivity index (χ4v) is 1.01. The number of nitrogens with two attached hydrogens (primary N) is 1. The maximum absolute atomic E-state index is 12.0. The van der Waals surface area contributed by atoms with Crippen LogP contribution in [0.3, 0.4) is 0 Å². The maximum atomic E-state index is 12.0. The van der Waals surface area contributed by atoms with E-state index in [1.54, 1.807) is 6.92 Å². The SMILES string of the molecule is CC[C@H](N)C(=O)N(CCO)CC(F)(F)F. The second kappa shape index (κ2) is 5.92. The molecular formula is C8H15F3N2O2. The average molecular weight is 228 g/mol. The van der Waals surface area contributed by atoms with Crippen molar-refractivity contribution in [2.45, 2.75) is 25.6 Å². The van der Waals surface area contributed by atoms with Crippen molar-refractivity contribution in [2.75, 3.05) is 19.7 Å². The van der Waals surface area contributed by atoms with E-state index >= 15 is 0 Å². The lowest BCUT2D eigenvalue weighted by Gasteiger charge is -2.25. The van der Waals surface area contributed by atoms with Crippen molar-refractivity contribution < 1.29 is 23.1 Å². The Labute approximate surface area is 85.8 Å². The van der Waals surface area contributed by atoms with Crippen molar-refractivity contribution in [1.82, 2.24) is 4.90 Å². The van der Waals surface area contributed by atoms with Crippen molar-refractivity contribution in [3.05, 3.63) is 0 Å². The van der Waals surface area contributed by atoms with E-state index in [0.29, 0.717) is 4.90 Å². The highest BCUT2D eigenvalue weighted by atomic mass is 19.4. The molecule has 7 heteroatoms. The van der Waals surface area contributed by atoms with Gasteiger partial charge in [-0.15, -0.1) is 0 Å². The van der Waals surface area contributed by atoms with Crippen LogP contribution < -0.4 is 5.73 Å². The number of aliphatic hydroxyl groups is 1. The molecular weight excluding hydrogens is 213 g/mol. The average Bonchev–Trinajstić information content (AvgIpc) is 2.13. The smallest absolute Gasteiger partial charge is 0.395 e. The number of alkyl halides is 3. The molecule has 0 aliphatic rings. The van der Waals surface area contributed by atoms with E-state index in [1.165, 1.54) is 0 Å². The molecule has 3 N–H and O–H groups in total. The van der Waals surface area contributed by atoms with Crippen molar-refractivity contribution in [2.24, 2.45) is 5.73 Å². The number of aliphatic hydroxyl groups excluding tert-OH is 1. The first kappa shape index (κ1) is 14.2. The largest absolute Gasteiger partial charge is 0.406 e. The van der Waals surface area contributed by atoms with Gasteiger partial charge >= 0.3 is 6.18 Å². The van der Waals surface area contributed by atoms with Gasteiger partial charge in [0.25, 0.3) is 0 Å². The molecule has 0 aromatic rings. The number of hydrogen-bond acceptors (Lipinski definition) is 3. The van der Waals surface area contributed by atoms with Crippen LogP contribution in [0.1, 0.15) is 13.3 Å². The van der Waals surface area contributed by atoms with Crippen LogP contribution in [0.15, 0.2) is 0 Å². The van der Waals surface area contributed by atoms with Crippen LogP contribution in [0.2, 0.25) is 0 Å². The molecule has 1 atom stereocenters. The predicted molar refractivity (Wildman–Crippen MR) is 48.0 cm³/mol. The summed E-state index contributed by atoms with van der Waals surface area (Å²) in [5.41, 5.74) is 5.33. The molecule has 15 heavy (non-hydrogen) atoms. The monoisotopic (exact) mass is 228 g/mol. The van der Waals surface area contributed by atoms with Crippen LogP contribution in [-0.4, -0.2) is 47.8 Å². The van der Waals surface area contributed by atoms with Crippen LogP contribution in [-0.2, 0) is 4.79 Å². The molecule has 0 aromatic heterocycles. The lowest BCUT2D eigenvalue weighted by Crippen LogP contribution is -2.48. The van der Waals surface area contributed by atoms with Crippen LogP contribution in [0.5, 0.6) is 0 Å². The summed E-state index contributed by atoms with van der Waals surface area (Å²) in [5, 5.41) is 8.53. The van der Waals surface area contributed by atoms with Gasteiger partial charge in [-0.1, -0.05) is 6.92 Å². The molecule has 90 valence electrons. The van der Waals surface area contributed by atoms with Gasteiger partial charge in [0.2, 0.25) is 5.91 Å². The Kier molecular flexibility index (Phi) is 5.59. The summed E-state index contributed by atoms with van der Waals surface area (Å²) in [6.45, 7) is -0.641. The third-order valence-electron chi connectivity index (χ3n) is 1.81. The molecule has 0 fully saturated rings. The summed E-state index contributed by atoms with van der Waals surface area (Å²) in [7, 11) is 0. The minimum Gasteiger partial charge on any atom is -0.395 e. The van der Waals surface area contributed by atoms with Gasteiger partial charge in [0, 0.05) is 6.54 Å². The number of nitrogens with zero attached hydrogens (tertiary/aromatic N) is 1. The van der Waals surface area contributed by atoms with Crippen LogP contribution in [0.25, 0.3) is 0 Å². The topological polar surface area (TPSA) is 66.6 Å². The molecule has 1 amide bonds. The molecule has 0 aliphatic carbocycles. The normalized spacial score (nSPS) is 13.7. The van der Waals surface area contributed by atoms with Crippen molar-refractivity contribution in [3.8, 4) is 0 Å². The minimum absolute atomic E-state index is 0.263. The Morgan fingerprint density at radius 2 is 2.07 bits per heavy atom. The molecule has 0 rings (SSSR count). The van der Waals surface area contributed by atoms with Gasteiger partial charge in [-0.3, -0.25) is 4.79 Å².